The number of amides is 2. The van der Waals surface area contributed by atoms with Crippen LogP contribution in [0.3, 0.4) is 0 Å². The van der Waals surface area contributed by atoms with Gasteiger partial charge in [-0.2, -0.15) is 0 Å². The number of carbonyl (C=O) groups excluding carboxylic acids is 2. The zero-order valence-corrected chi connectivity index (χ0v) is 15.0. The Kier molecular flexibility index (Phi) is 5.80. The first kappa shape index (κ1) is 18.6. The molecule has 1 aromatic heterocycles. The summed E-state index contributed by atoms with van der Waals surface area (Å²) in [5, 5.41) is 5.52. The van der Waals surface area contributed by atoms with Gasteiger partial charge < -0.3 is 15.2 Å². The lowest BCUT2D eigenvalue weighted by atomic mass is 10.3. The van der Waals surface area contributed by atoms with E-state index in [1.54, 1.807) is 19.1 Å². The molecule has 0 spiro atoms. The van der Waals surface area contributed by atoms with Gasteiger partial charge in [-0.1, -0.05) is 25.1 Å². The summed E-state index contributed by atoms with van der Waals surface area (Å²) in [6.45, 7) is 2.29. The number of imidazole rings is 1. The number of aromatic nitrogens is 2. The molecule has 27 heavy (non-hydrogen) atoms. The largest absolute Gasteiger partial charge is 0.356 e. The van der Waals surface area contributed by atoms with E-state index < -0.39 is 5.82 Å². The predicted octanol–water partition coefficient (Wildman–Crippen LogP) is 2.88. The number of hydrogen-bond donors (Lipinski definition) is 2. The van der Waals surface area contributed by atoms with Crippen molar-refractivity contribution in [2.45, 2.75) is 26.3 Å². The monoisotopic (exact) mass is 368 g/mol. The third-order valence-corrected chi connectivity index (χ3v) is 4.14. The van der Waals surface area contributed by atoms with Crippen molar-refractivity contribution in [3.8, 4) is 0 Å². The van der Waals surface area contributed by atoms with E-state index in [1.807, 2.05) is 28.8 Å². The highest BCUT2D eigenvalue weighted by Crippen LogP contribution is 2.17. The fourth-order valence-corrected chi connectivity index (χ4v) is 2.84. The van der Waals surface area contributed by atoms with Crippen LogP contribution in [-0.2, 0) is 22.6 Å². The molecule has 0 bridgehead atoms. The first-order valence-corrected chi connectivity index (χ1v) is 8.83. The number of anilines is 1. The molecule has 0 radical (unpaired) electrons. The standard InChI is InChI=1S/C20H21FN4O2/c1-2-19(26)22-11-10-18-24-16-8-3-4-9-17(16)25(18)13-20(27)23-15-7-5-6-14(21)12-15/h3-9,12H,2,10-11,13H2,1H3,(H,22,26)(H,23,27). The van der Waals surface area contributed by atoms with E-state index in [4.69, 9.17) is 0 Å². The summed E-state index contributed by atoms with van der Waals surface area (Å²) in [6.07, 6.45) is 0.931. The van der Waals surface area contributed by atoms with E-state index in [0.717, 1.165) is 11.0 Å². The average molecular weight is 368 g/mol. The zero-order valence-electron chi connectivity index (χ0n) is 15.0. The molecule has 0 fully saturated rings. The number of nitrogens with one attached hydrogen (secondary N) is 2. The number of rotatable bonds is 7. The first-order chi connectivity index (χ1) is 13.1. The molecule has 2 N–H and O–H groups in total. The molecule has 2 aromatic carbocycles. The van der Waals surface area contributed by atoms with Crippen LogP contribution in [0.15, 0.2) is 48.5 Å². The number of fused-ring (bicyclic) bond motifs is 1. The van der Waals surface area contributed by atoms with Crippen molar-refractivity contribution in [2.24, 2.45) is 0 Å². The normalized spacial score (nSPS) is 10.7. The number of benzene rings is 2. The summed E-state index contributed by atoms with van der Waals surface area (Å²) in [7, 11) is 0. The Morgan fingerprint density at radius 1 is 1.11 bits per heavy atom. The van der Waals surface area contributed by atoms with Crippen molar-refractivity contribution in [3.63, 3.8) is 0 Å². The Balaban J connectivity index is 1.78. The van der Waals surface area contributed by atoms with Gasteiger partial charge in [-0.25, -0.2) is 9.37 Å². The Labute approximate surface area is 156 Å². The van der Waals surface area contributed by atoms with Crippen molar-refractivity contribution in [1.29, 1.82) is 0 Å². The highest BCUT2D eigenvalue weighted by Gasteiger charge is 2.14. The van der Waals surface area contributed by atoms with Gasteiger partial charge >= 0.3 is 0 Å². The van der Waals surface area contributed by atoms with Gasteiger partial charge in [-0.15, -0.1) is 0 Å². The Hall–Kier alpha value is -3.22. The highest BCUT2D eigenvalue weighted by molar-refractivity contribution is 5.91. The van der Waals surface area contributed by atoms with Crippen LogP contribution in [-0.4, -0.2) is 27.9 Å². The Morgan fingerprint density at radius 3 is 2.70 bits per heavy atom. The average Bonchev–Trinajstić information content (AvgIpc) is 2.99. The van der Waals surface area contributed by atoms with Gasteiger partial charge in [0.25, 0.3) is 0 Å². The minimum Gasteiger partial charge on any atom is -0.356 e. The van der Waals surface area contributed by atoms with Gasteiger partial charge in [-0.05, 0) is 30.3 Å². The van der Waals surface area contributed by atoms with Crippen LogP contribution in [0.25, 0.3) is 11.0 Å². The second-order valence-electron chi connectivity index (χ2n) is 6.11. The minimum atomic E-state index is -0.409. The Bertz CT molecular complexity index is 968. The van der Waals surface area contributed by atoms with Crippen LogP contribution in [0.1, 0.15) is 19.2 Å². The van der Waals surface area contributed by atoms with Gasteiger partial charge in [0.05, 0.1) is 11.0 Å². The highest BCUT2D eigenvalue weighted by atomic mass is 19.1. The molecule has 0 atom stereocenters. The van der Waals surface area contributed by atoms with Crippen LogP contribution in [0.4, 0.5) is 10.1 Å². The molecule has 0 aliphatic rings. The van der Waals surface area contributed by atoms with Crippen LogP contribution >= 0.6 is 0 Å². The Morgan fingerprint density at radius 2 is 1.93 bits per heavy atom. The number of nitrogens with zero attached hydrogens (tertiary/aromatic N) is 2. The molecule has 0 aliphatic carbocycles. The van der Waals surface area contributed by atoms with Crippen LogP contribution in [0, 0.1) is 5.82 Å². The lowest BCUT2D eigenvalue weighted by molar-refractivity contribution is -0.120. The van der Waals surface area contributed by atoms with Crippen molar-refractivity contribution < 1.29 is 14.0 Å². The first-order valence-electron chi connectivity index (χ1n) is 8.83. The summed E-state index contributed by atoms with van der Waals surface area (Å²) in [5.74, 6) is -0.000615. The maximum atomic E-state index is 13.3. The topological polar surface area (TPSA) is 76.0 Å². The lowest BCUT2D eigenvalue weighted by Gasteiger charge is -2.10. The van der Waals surface area contributed by atoms with E-state index in [-0.39, 0.29) is 18.4 Å². The lowest BCUT2D eigenvalue weighted by Crippen LogP contribution is -2.26. The molecule has 0 unspecified atom stereocenters. The van der Waals surface area contributed by atoms with Crippen LogP contribution in [0.2, 0.25) is 0 Å². The summed E-state index contributed by atoms with van der Waals surface area (Å²) in [5.41, 5.74) is 2.03. The van der Waals surface area contributed by atoms with Crippen LogP contribution < -0.4 is 10.6 Å². The SMILES string of the molecule is CCC(=O)NCCc1nc2ccccc2n1CC(=O)Nc1cccc(F)c1. The quantitative estimate of drug-likeness (QED) is 0.673. The third kappa shape index (κ3) is 4.69. The smallest absolute Gasteiger partial charge is 0.244 e. The second-order valence-corrected chi connectivity index (χ2v) is 6.11. The van der Waals surface area contributed by atoms with Crippen LogP contribution in [0.5, 0.6) is 0 Å². The fourth-order valence-electron chi connectivity index (χ4n) is 2.84. The molecular formula is C20H21FN4O2. The van der Waals surface area contributed by atoms with Gasteiger partial charge in [-0.3, -0.25) is 9.59 Å². The van der Waals surface area contributed by atoms with Crippen molar-refractivity contribution in [3.05, 3.63) is 60.2 Å². The van der Waals surface area contributed by atoms with Crippen molar-refractivity contribution >= 4 is 28.5 Å². The van der Waals surface area contributed by atoms with Gasteiger partial charge in [0.15, 0.2) is 0 Å². The maximum Gasteiger partial charge on any atom is 0.244 e. The van der Waals surface area contributed by atoms with Gasteiger partial charge in [0.2, 0.25) is 11.8 Å². The zero-order chi connectivity index (χ0) is 19.2. The molecule has 3 aromatic rings. The van der Waals surface area contributed by atoms with Crippen molar-refractivity contribution in [1.82, 2.24) is 14.9 Å². The molecule has 140 valence electrons. The van der Waals surface area contributed by atoms with E-state index in [1.165, 1.54) is 12.1 Å². The third-order valence-electron chi connectivity index (χ3n) is 4.14. The predicted molar refractivity (Wildman–Crippen MR) is 102 cm³/mol. The molecule has 6 nitrogen and oxygen atoms in total. The number of halogens is 1. The molecular weight excluding hydrogens is 347 g/mol. The summed E-state index contributed by atoms with van der Waals surface area (Å²) in [4.78, 5) is 28.5. The summed E-state index contributed by atoms with van der Waals surface area (Å²) in [6, 6.07) is 13.3. The fraction of sp³-hybridized carbons (Fsp3) is 0.250. The summed E-state index contributed by atoms with van der Waals surface area (Å²) >= 11 is 0. The van der Waals surface area contributed by atoms with E-state index in [9.17, 15) is 14.0 Å². The van der Waals surface area contributed by atoms with E-state index in [2.05, 4.69) is 15.6 Å². The molecule has 2 amide bonds. The molecule has 0 saturated carbocycles. The van der Waals surface area contributed by atoms with Crippen molar-refractivity contribution in [2.75, 3.05) is 11.9 Å². The van der Waals surface area contributed by atoms with Gasteiger partial charge in [0.1, 0.15) is 18.2 Å². The van der Waals surface area contributed by atoms with Gasteiger partial charge in [0, 0.05) is 25.1 Å². The van der Waals surface area contributed by atoms with E-state index in [0.29, 0.717) is 30.9 Å². The van der Waals surface area contributed by atoms with E-state index >= 15 is 0 Å². The molecule has 0 aliphatic heterocycles. The summed E-state index contributed by atoms with van der Waals surface area (Å²) < 4.78 is 15.1. The molecule has 0 saturated heterocycles. The molecule has 3 rings (SSSR count). The number of carbonyl (C=O) groups is 2. The molecule has 1 heterocycles. The molecule has 7 heteroatoms. The maximum absolute atomic E-state index is 13.3. The second kappa shape index (κ2) is 8.44. The number of hydrogen-bond acceptors (Lipinski definition) is 3. The minimum absolute atomic E-state index is 0.0264. The number of para-hydroxylation sites is 2.